The molecule has 1 fully saturated rings. The van der Waals surface area contributed by atoms with Crippen molar-refractivity contribution in [2.75, 3.05) is 38.8 Å². The molecule has 0 spiro atoms. The lowest BCUT2D eigenvalue weighted by Crippen LogP contribution is -2.39. The molecular weight excluding hydrogens is 425 g/mol. The van der Waals surface area contributed by atoms with Crippen LogP contribution < -0.4 is 19.1 Å². The van der Waals surface area contributed by atoms with Crippen LogP contribution in [-0.4, -0.2) is 57.7 Å². The Bertz CT molecular complexity index is 993. The maximum Gasteiger partial charge on any atom is 0.511 e. The van der Waals surface area contributed by atoms with Crippen LogP contribution in [-0.2, 0) is 10.0 Å². The standard InChI is InChI=1S/C18H23F3N4O4S/c1-28-15-9-13-14(10-16(15)29-2)22-11-23-17(13)25-7-4-12(5-8-25)3-6-24-30(26,27)18(19,20)21/h9-12,24H,3-8H2,1-2H3. The number of nitrogens with zero attached hydrogens (tertiary/aromatic N) is 3. The Balaban J connectivity index is 1.65. The molecule has 30 heavy (non-hydrogen) atoms. The van der Waals surface area contributed by atoms with Crippen molar-refractivity contribution in [3.8, 4) is 11.5 Å². The van der Waals surface area contributed by atoms with Gasteiger partial charge in [-0.3, -0.25) is 0 Å². The summed E-state index contributed by atoms with van der Waals surface area (Å²) in [4.78, 5) is 10.8. The van der Waals surface area contributed by atoms with Gasteiger partial charge in [-0.15, -0.1) is 0 Å². The van der Waals surface area contributed by atoms with Crippen LogP contribution in [0.2, 0.25) is 0 Å². The van der Waals surface area contributed by atoms with Gasteiger partial charge in [0, 0.05) is 31.1 Å². The highest BCUT2D eigenvalue weighted by Gasteiger charge is 2.45. The highest BCUT2D eigenvalue weighted by molar-refractivity contribution is 7.90. The van der Waals surface area contributed by atoms with E-state index in [0.717, 1.165) is 11.2 Å². The van der Waals surface area contributed by atoms with Crippen molar-refractivity contribution in [1.82, 2.24) is 14.7 Å². The van der Waals surface area contributed by atoms with Gasteiger partial charge in [-0.2, -0.15) is 13.2 Å². The number of nitrogens with one attached hydrogen (secondary N) is 1. The van der Waals surface area contributed by atoms with E-state index in [4.69, 9.17) is 9.47 Å². The van der Waals surface area contributed by atoms with Crippen LogP contribution in [0.25, 0.3) is 10.9 Å². The van der Waals surface area contributed by atoms with E-state index >= 15 is 0 Å². The number of fused-ring (bicyclic) bond motifs is 1. The van der Waals surface area contributed by atoms with Crippen molar-refractivity contribution in [2.45, 2.75) is 24.8 Å². The molecule has 0 bridgehead atoms. The average Bonchev–Trinajstić information content (AvgIpc) is 2.71. The summed E-state index contributed by atoms with van der Waals surface area (Å²) in [5.41, 5.74) is -4.57. The SMILES string of the molecule is COc1cc2ncnc(N3CCC(CCNS(=O)(=O)C(F)(F)F)CC3)c2cc1OC. The Morgan fingerprint density at radius 3 is 2.37 bits per heavy atom. The highest BCUT2D eigenvalue weighted by Crippen LogP contribution is 2.36. The van der Waals surface area contributed by atoms with Crippen molar-refractivity contribution in [3.63, 3.8) is 0 Å². The molecule has 2 heterocycles. The molecule has 1 aliphatic rings. The van der Waals surface area contributed by atoms with Crippen LogP contribution in [0, 0.1) is 5.92 Å². The zero-order valence-electron chi connectivity index (χ0n) is 16.6. The predicted molar refractivity (Wildman–Crippen MR) is 105 cm³/mol. The van der Waals surface area contributed by atoms with E-state index in [0.29, 0.717) is 49.4 Å². The highest BCUT2D eigenvalue weighted by atomic mass is 32.2. The fourth-order valence-electron chi connectivity index (χ4n) is 3.53. The number of piperidine rings is 1. The summed E-state index contributed by atoms with van der Waals surface area (Å²) in [7, 11) is -2.19. The lowest BCUT2D eigenvalue weighted by atomic mass is 9.93. The molecule has 0 atom stereocenters. The first-order valence-electron chi connectivity index (χ1n) is 9.34. The number of methoxy groups -OCH3 is 2. The van der Waals surface area contributed by atoms with E-state index in [-0.39, 0.29) is 12.5 Å². The van der Waals surface area contributed by atoms with E-state index in [1.54, 1.807) is 25.0 Å². The van der Waals surface area contributed by atoms with Gasteiger partial charge in [-0.25, -0.2) is 23.1 Å². The summed E-state index contributed by atoms with van der Waals surface area (Å²) in [5, 5.41) is 0.812. The number of alkyl halides is 3. The molecule has 166 valence electrons. The number of rotatable bonds is 7. The summed E-state index contributed by atoms with van der Waals surface area (Å²) in [6.45, 7) is 1.06. The molecule has 3 rings (SSSR count). The summed E-state index contributed by atoms with van der Waals surface area (Å²) in [6, 6.07) is 3.60. The molecule has 8 nitrogen and oxygen atoms in total. The smallest absolute Gasteiger partial charge is 0.493 e. The first-order chi connectivity index (χ1) is 14.2. The van der Waals surface area contributed by atoms with Gasteiger partial charge in [0.05, 0.1) is 19.7 Å². The van der Waals surface area contributed by atoms with E-state index in [1.165, 1.54) is 6.33 Å². The molecule has 2 aromatic rings. The second kappa shape index (κ2) is 8.80. The Kier molecular flexibility index (Phi) is 6.56. The third-order valence-corrected chi connectivity index (χ3v) is 6.38. The first kappa shape index (κ1) is 22.3. The molecular formula is C18H23F3N4O4S. The lowest BCUT2D eigenvalue weighted by molar-refractivity contribution is -0.0448. The zero-order chi connectivity index (χ0) is 21.9. The van der Waals surface area contributed by atoms with Gasteiger partial charge in [0.25, 0.3) is 0 Å². The predicted octanol–water partition coefficient (Wildman–Crippen LogP) is 2.69. The van der Waals surface area contributed by atoms with Gasteiger partial charge < -0.3 is 14.4 Å². The van der Waals surface area contributed by atoms with Crippen LogP contribution in [0.4, 0.5) is 19.0 Å². The minimum atomic E-state index is -5.29. The number of benzene rings is 1. The van der Waals surface area contributed by atoms with Crippen LogP contribution in [0.3, 0.4) is 0 Å². The monoisotopic (exact) mass is 448 g/mol. The molecule has 0 radical (unpaired) electrons. The summed E-state index contributed by atoms with van der Waals surface area (Å²) >= 11 is 0. The normalized spacial score (nSPS) is 16.1. The average molecular weight is 448 g/mol. The largest absolute Gasteiger partial charge is 0.511 e. The number of ether oxygens (including phenoxy) is 2. The summed E-state index contributed by atoms with van der Waals surface area (Å²) in [6.07, 6.45) is 3.25. The number of sulfonamides is 1. The molecule has 1 aromatic heterocycles. The van der Waals surface area contributed by atoms with Gasteiger partial charge in [0.15, 0.2) is 11.5 Å². The van der Waals surface area contributed by atoms with Crippen LogP contribution in [0.15, 0.2) is 18.5 Å². The number of anilines is 1. The van der Waals surface area contributed by atoms with Gasteiger partial charge in [0.1, 0.15) is 12.1 Å². The molecule has 12 heteroatoms. The van der Waals surface area contributed by atoms with Crippen molar-refractivity contribution in [3.05, 3.63) is 18.5 Å². The van der Waals surface area contributed by atoms with Crippen molar-refractivity contribution >= 4 is 26.7 Å². The van der Waals surface area contributed by atoms with Crippen LogP contribution >= 0.6 is 0 Å². The Morgan fingerprint density at radius 2 is 1.77 bits per heavy atom. The second-order valence-electron chi connectivity index (χ2n) is 6.98. The fourth-order valence-corrected chi connectivity index (χ4v) is 4.08. The van der Waals surface area contributed by atoms with Gasteiger partial charge >= 0.3 is 15.5 Å². The quantitative estimate of drug-likeness (QED) is 0.696. The first-order valence-corrected chi connectivity index (χ1v) is 10.8. The molecule has 1 N–H and O–H groups in total. The molecule has 1 saturated heterocycles. The minimum absolute atomic E-state index is 0.125. The van der Waals surface area contributed by atoms with Gasteiger partial charge in [-0.1, -0.05) is 0 Å². The van der Waals surface area contributed by atoms with Gasteiger partial charge in [-0.05, 0) is 31.2 Å². The van der Waals surface area contributed by atoms with Crippen molar-refractivity contribution < 1.29 is 31.1 Å². The van der Waals surface area contributed by atoms with E-state index in [2.05, 4.69) is 14.9 Å². The third kappa shape index (κ3) is 4.69. The van der Waals surface area contributed by atoms with Crippen molar-refractivity contribution in [1.29, 1.82) is 0 Å². The number of hydrogen-bond acceptors (Lipinski definition) is 7. The van der Waals surface area contributed by atoms with Crippen LogP contribution in [0.5, 0.6) is 11.5 Å². The summed E-state index contributed by atoms with van der Waals surface area (Å²) < 4.78 is 71.6. The van der Waals surface area contributed by atoms with Crippen molar-refractivity contribution in [2.24, 2.45) is 5.92 Å². The lowest BCUT2D eigenvalue weighted by Gasteiger charge is -2.33. The minimum Gasteiger partial charge on any atom is -0.493 e. The summed E-state index contributed by atoms with van der Waals surface area (Å²) in [5.74, 6) is 2.00. The molecule has 0 amide bonds. The van der Waals surface area contributed by atoms with E-state index in [9.17, 15) is 21.6 Å². The Morgan fingerprint density at radius 1 is 1.13 bits per heavy atom. The fraction of sp³-hybridized carbons (Fsp3) is 0.556. The maximum atomic E-state index is 12.4. The number of halogens is 3. The zero-order valence-corrected chi connectivity index (χ0v) is 17.4. The molecule has 1 aliphatic heterocycles. The topological polar surface area (TPSA) is 93.7 Å². The number of aromatic nitrogens is 2. The van der Waals surface area contributed by atoms with E-state index < -0.39 is 15.5 Å². The second-order valence-corrected chi connectivity index (χ2v) is 8.74. The third-order valence-electron chi connectivity index (χ3n) is 5.18. The molecule has 0 aliphatic carbocycles. The number of hydrogen-bond donors (Lipinski definition) is 1. The molecule has 0 saturated carbocycles. The Hall–Kier alpha value is -2.34. The Labute approximate surface area is 172 Å². The van der Waals surface area contributed by atoms with Crippen LogP contribution in [0.1, 0.15) is 19.3 Å². The van der Waals surface area contributed by atoms with E-state index in [1.807, 2.05) is 6.07 Å². The molecule has 1 aromatic carbocycles. The van der Waals surface area contributed by atoms with Gasteiger partial charge in [0.2, 0.25) is 0 Å². The molecule has 0 unspecified atom stereocenters. The maximum absolute atomic E-state index is 12.4.